The summed E-state index contributed by atoms with van der Waals surface area (Å²) < 4.78 is 29.6. The molecule has 9 heteroatoms. The fraction of sp³-hybridized carbons (Fsp3) is 0.207. The summed E-state index contributed by atoms with van der Waals surface area (Å²) in [6.07, 6.45) is 2.04. The third kappa shape index (κ3) is 4.84. The zero-order valence-electron chi connectivity index (χ0n) is 21.2. The van der Waals surface area contributed by atoms with Gasteiger partial charge in [-0.2, -0.15) is 0 Å². The second-order valence-electron chi connectivity index (χ2n) is 8.51. The minimum atomic E-state index is -1.07. The van der Waals surface area contributed by atoms with Gasteiger partial charge in [0.15, 0.2) is 17.3 Å². The Bertz CT molecular complexity index is 1500. The van der Waals surface area contributed by atoms with Gasteiger partial charge in [0.25, 0.3) is 0 Å². The number of aromatic carboxylic acids is 1. The van der Waals surface area contributed by atoms with Crippen molar-refractivity contribution in [1.82, 2.24) is 4.57 Å². The van der Waals surface area contributed by atoms with Crippen LogP contribution in [0.5, 0.6) is 17.2 Å². The van der Waals surface area contributed by atoms with Crippen LogP contribution in [0.25, 0.3) is 10.9 Å². The molecule has 3 aromatic carbocycles. The zero-order chi connectivity index (χ0) is 26.6. The number of rotatable bonds is 10. The van der Waals surface area contributed by atoms with Crippen LogP contribution in [0.4, 0.5) is 0 Å². The van der Waals surface area contributed by atoms with Crippen molar-refractivity contribution in [3.63, 3.8) is 0 Å². The second-order valence-corrected chi connectivity index (χ2v) is 9.60. The Labute approximate surface area is 224 Å². The van der Waals surface area contributed by atoms with Gasteiger partial charge in [-0.3, -0.25) is 0 Å². The average molecular weight is 534 g/mol. The van der Waals surface area contributed by atoms with Gasteiger partial charge in [-0.25, -0.2) is 4.79 Å². The van der Waals surface area contributed by atoms with E-state index in [9.17, 15) is 9.90 Å². The quantitative estimate of drug-likeness (QED) is 0.260. The van der Waals surface area contributed by atoms with E-state index in [1.165, 1.54) is 11.8 Å². The minimum absolute atomic E-state index is 0.0742. The largest absolute Gasteiger partial charge is 0.497 e. The summed E-state index contributed by atoms with van der Waals surface area (Å²) in [4.78, 5) is 14.4. The summed E-state index contributed by atoms with van der Waals surface area (Å²) >= 11 is 1.35. The molecule has 1 unspecified atom stereocenters. The summed E-state index contributed by atoms with van der Waals surface area (Å²) in [5.74, 6) is 1.15. The smallest absolute Gasteiger partial charge is 0.353 e. The number of ether oxygens (including phenoxy) is 5. The molecule has 1 aromatic heterocycles. The first kappa shape index (κ1) is 25.4. The summed E-state index contributed by atoms with van der Waals surface area (Å²) in [5, 5.41) is 11.3. The fourth-order valence-corrected chi connectivity index (χ4v) is 5.71. The standard InChI is InChI=1S/C29H27NO7S/c1-33-19-10-7-11-20(13-19)38-28-21-14-24(34-2)25(35-3)15-22(21)30(27(28)29(31)32)23(26-16-36-17-37-26)12-18-8-5-4-6-9-18/h4-11,13-16,23H,12,17H2,1-3H3,(H,31,32). The van der Waals surface area contributed by atoms with E-state index in [1.807, 2.05) is 66.7 Å². The van der Waals surface area contributed by atoms with Crippen LogP contribution in [-0.4, -0.2) is 43.8 Å². The SMILES string of the molecule is COc1cccc(Sc2c(C(=O)O)n(C(Cc3ccccc3)C3=COCO3)c3cc(OC)c(OC)cc23)c1. The van der Waals surface area contributed by atoms with Gasteiger partial charge in [0.1, 0.15) is 17.7 Å². The predicted octanol–water partition coefficient (Wildman–Crippen LogP) is 6.15. The van der Waals surface area contributed by atoms with Crippen molar-refractivity contribution >= 4 is 28.6 Å². The first-order chi connectivity index (χ1) is 18.5. The minimum Gasteiger partial charge on any atom is -0.497 e. The van der Waals surface area contributed by atoms with E-state index in [0.717, 1.165) is 10.5 Å². The van der Waals surface area contributed by atoms with E-state index < -0.39 is 12.0 Å². The molecule has 0 radical (unpaired) electrons. The number of nitrogens with zero attached hydrogens (tertiary/aromatic N) is 1. The maximum Gasteiger partial charge on any atom is 0.353 e. The molecule has 1 N–H and O–H groups in total. The molecule has 4 aromatic rings. The van der Waals surface area contributed by atoms with E-state index >= 15 is 0 Å². The van der Waals surface area contributed by atoms with Crippen LogP contribution in [0, 0.1) is 0 Å². The van der Waals surface area contributed by atoms with Crippen molar-refractivity contribution in [2.75, 3.05) is 28.1 Å². The van der Waals surface area contributed by atoms with Crippen molar-refractivity contribution in [3.8, 4) is 17.2 Å². The molecule has 38 heavy (non-hydrogen) atoms. The van der Waals surface area contributed by atoms with Crippen LogP contribution in [0.15, 0.2) is 88.5 Å². The average Bonchev–Trinajstić information content (AvgIpc) is 3.58. The summed E-state index contributed by atoms with van der Waals surface area (Å²) in [6.45, 7) is 0.0742. The highest BCUT2D eigenvalue weighted by Gasteiger charge is 2.33. The second kappa shape index (κ2) is 11.0. The third-order valence-electron chi connectivity index (χ3n) is 6.33. The fourth-order valence-electron chi connectivity index (χ4n) is 4.60. The number of carboxylic acids is 1. The van der Waals surface area contributed by atoms with Crippen LogP contribution >= 0.6 is 11.8 Å². The summed E-state index contributed by atoms with van der Waals surface area (Å²) in [6, 6.07) is 20.5. The third-order valence-corrected chi connectivity index (χ3v) is 7.44. The molecule has 196 valence electrons. The van der Waals surface area contributed by atoms with Gasteiger partial charge < -0.3 is 33.4 Å². The van der Waals surface area contributed by atoms with E-state index in [-0.39, 0.29) is 12.5 Å². The molecule has 0 fully saturated rings. The highest BCUT2D eigenvalue weighted by molar-refractivity contribution is 7.99. The Morgan fingerprint density at radius 2 is 1.76 bits per heavy atom. The highest BCUT2D eigenvalue weighted by Crippen LogP contribution is 2.46. The van der Waals surface area contributed by atoms with Gasteiger partial charge in [0, 0.05) is 22.8 Å². The number of fused-ring (bicyclic) bond motifs is 1. The molecule has 2 heterocycles. The number of hydrogen-bond acceptors (Lipinski definition) is 7. The van der Waals surface area contributed by atoms with Crippen LogP contribution in [0.1, 0.15) is 22.1 Å². The van der Waals surface area contributed by atoms with Gasteiger partial charge in [-0.05, 0) is 29.8 Å². The van der Waals surface area contributed by atoms with Crippen molar-refractivity contribution in [2.24, 2.45) is 0 Å². The van der Waals surface area contributed by atoms with E-state index in [0.29, 0.717) is 45.2 Å². The molecule has 0 saturated heterocycles. The van der Waals surface area contributed by atoms with Gasteiger partial charge in [-0.15, -0.1) is 0 Å². The topological polar surface area (TPSA) is 88.4 Å². The van der Waals surface area contributed by atoms with Crippen LogP contribution < -0.4 is 14.2 Å². The molecule has 1 aliphatic heterocycles. The first-order valence-corrected chi connectivity index (χ1v) is 12.7. The zero-order valence-corrected chi connectivity index (χ0v) is 22.0. The molecule has 5 rings (SSSR count). The van der Waals surface area contributed by atoms with Gasteiger partial charge >= 0.3 is 5.97 Å². The van der Waals surface area contributed by atoms with Crippen LogP contribution in [-0.2, 0) is 15.9 Å². The molecule has 0 aliphatic carbocycles. The molecule has 0 spiro atoms. The lowest BCUT2D eigenvalue weighted by atomic mass is 10.0. The van der Waals surface area contributed by atoms with Crippen molar-refractivity contribution in [1.29, 1.82) is 0 Å². The number of allylic oxidation sites excluding steroid dienone is 1. The van der Waals surface area contributed by atoms with E-state index in [1.54, 1.807) is 32.2 Å². The lowest BCUT2D eigenvalue weighted by molar-refractivity contribution is 0.0658. The van der Waals surface area contributed by atoms with Gasteiger partial charge in [-0.1, -0.05) is 48.2 Å². The number of methoxy groups -OCH3 is 3. The molecule has 8 nitrogen and oxygen atoms in total. The molecule has 1 atom stereocenters. The summed E-state index contributed by atoms with van der Waals surface area (Å²) in [7, 11) is 4.71. The number of benzene rings is 3. The molecule has 0 bridgehead atoms. The lowest BCUT2D eigenvalue weighted by Crippen LogP contribution is -2.20. The number of hydrogen-bond donors (Lipinski definition) is 1. The molecular formula is C29H27NO7S. The van der Waals surface area contributed by atoms with Gasteiger partial charge in [0.05, 0.1) is 37.8 Å². The van der Waals surface area contributed by atoms with E-state index in [2.05, 4.69) is 0 Å². The Balaban J connectivity index is 1.79. The lowest BCUT2D eigenvalue weighted by Gasteiger charge is -2.22. The highest BCUT2D eigenvalue weighted by atomic mass is 32.2. The number of carboxylic acid groups (broad SMARTS) is 1. The van der Waals surface area contributed by atoms with Crippen molar-refractivity contribution < 1.29 is 33.6 Å². The van der Waals surface area contributed by atoms with Crippen LogP contribution in [0.2, 0.25) is 0 Å². The molecular weight excluding hydrogens is 506 g/mol. The van der Waals surface area contributed by atoms with Gasteiger partial charge in [0.2, 0.25) is 6.79 Å². The molecule has 1 aliphatic rings. The van der Waals surface area contributed by atoms with Crippen LogP contribution in [0.3, 0.4) is 0 Å². The van der Waals surface area contributed by atoms with E-state index in [4.69, 9.17) is 23.7 Å². The van der Waals surface area contributed by atoms with Crippen molar-refractivity contribution in [3.05, 3.63) is 90.0 Å². The Morgan fingerprint density at radius 1 is 1.00 bits per heavy atom. The Morgan fingerprint density at radius 3 is 2.42 bits per heavy atom. The Kier molecular flexibility index (Phi) is 7.37. The maximum atomic E-state index is 13.0. The predicted molar refractivity (Wildman–Crippen MR) is 143 cm³/mol. The first-order valence-electron chi connectivity index (χ1n) is 11.9. The Hall–Kier alpha value is -4.24. The molecule has 0 amide bonds. The number of aromatic nitrogens is 1. The monoisotopic (exact) mass is 533 g/mol. The maximum absolute atomic E-state index is 13.0. The normalized spacial score (nSPS) is 13.4. The summed E-state index contributed by atoms with van der Waals surface area (Å²) in [5.41, 5.74) is 1.82. The molecule has 0 saturated carbocycles. The van der Waals surface area contributed by atoms with Crippen molar-refractivity contribution in [2.45, 2.75) is 22.3 Å². The number of carbonyl (C=O) groups is 1.